The van der Waals surface area contributed by atoms with Gasteiger partial charge in [0.25, 0.3) is 0 Å². The van der Waals surface area contributed by atoms with Crippen molar-refractivity contribution in [1.82, 2.24) is 4.90 Å². The fourth-order valence-electron chi connectivity index (χ4n) is 6.28. The van der Waals surface area contributed by atoms with Gasteiger partial charge in [0.2, 0.25) is 5.91 Å². The van der Waals surface area contributed by atoms with Crippen LogP contribution in [0.5, 0.6) is 0 Å². The number of carbonyl (C=O) groups is 2. The molecule has 1 aliphatic heterocycles. The number of hydrogen-bond donors (Lipinski definition) is 1. The Balaban J connectivity index is 1.45. The molecule has 1 N–H and O–H groups in total. The van der Waals surface area contributed by atoms with Gasteiger partial charge in [0.05, 0.1) is 25.7 Å². The van der Waals surface area contributed by atoms with Gasteiger partial charge in [-0.2, -0.15) is 0 Å². The molecule has 23 heavy (non-hydrogen) atoms. The predicted molar refractivity (Wildman–Crippen MR) is 83.8 cm³/mol. The van der Waals surface area contributed by atoms with Crippen molar-refractivity contribution in [3.05, 3.63) is 0 Å². The number of carboxylic acid groups (broad SMARTS) is 1. The van der Waals surface area contributed by atoms with E-state index in [0.717, 1.165) is 17.8 Å². The molecular formula is C18H27NO4. The maximum absolute atomic E-state index is 13.0. The van der Waals surface area contributed by atoms with Crippen LogP contribution in [0, 0.1) is 23.2 Å². The van der Waals surface area contributed by atoms with Crippen LogP contribution < -0.4 is 0 Å². The number of rotatable bonds is 4. The van der Waals surface area contributed by atoms with E-state index in [0.29, 0.717) is 26.2 Å². The van der Waals surface area contributed by atoms with E-state index in [1.807, 2.05) is 0 Å². The maximum atomic E-state index is 13.0. The summed E-state index contributed by atoms with van der Waals surface area (Å²) in [6.45, 7) is 1.44. The zero-order chi connectivity index (χ0) is 16.0. The number of hydrogen-bond acceptors (Lipinski definition) is 3. The second kappa shape index (κ2) is 5.76. The minimum absolute atomic E-state index is 0.00733. The molecule has 1 amide bonds. The molecule has 1 unspecified atom stereocenters. The maximum Gasteiger partial charge on any atom is 0.305 e. The van der Waals surface area contributed by atoms with Crippen LogP contribution in [-0.2, 0) is 14.3 Å². The molecule has 5 fully saturated rings. The summed E-state index contributed by atoms with van der Waals surface area (Å²) in [6.07, 6.45) is 8.43. The molecule has 0 aromatic rings. The van der Waals surface area contributed by atoms with E-state index in [-0.39, 0.29) is 23.8 Å². The summed E-state index contributed by atoms with van der Waals surface area (Å²) in [6, 6.07) is -0.289. The van der Waals surface area contributed by atoms with Crippen LogP contribution >= 0.6 is 0 Å². The number of carbonyl (C=O) groups excluding carboxylic acids is 1. The third-order valence-corrected chi connectivity index (χ3v) is 6.65. The first-order valence-electron chi connectivity index (χ1n) is 9.12. The molecule has 0 aromatic heterocycles. The number of nitrogens with zero attached hydrogens (tertiary/aromatic N) is 1. The van der Waals surface area contributed by atoms with Crippen LogP contribution in [0.4, 0.5) is 0 Å². The number of carboxylic acids is 1. The first-order chi connectivity index (χ1) is 11.0. The average Bonchev–Trinajstić information content (AvgIpc) is 2.45. The van der Waals surface area contributed by atoms with Crippen LogP contribution in [0.15, 0.2) is 0 Å². The number of morpholine rings is 1. The van der Waals surface area contributed by atoms with Crippen molar-refractivity contribution in [3.8, 4) is 0 Å². The molecule has 0 aromatic carbocycles. The van der Waals surface area contributed by atoms with E-state index in [9.17, 15) is 9.59 Å². The normalized spacial score (nSPS) is 42.0. The molecule has 1 atom stereocenters. The van der Waals surface area contributed by atoms with Crippen molar-refractivity contribution in [2.75, 3.05) is 19.8 Å². The highest BCUT2D eigenvalue weighted by Crippen LogP contribution is 2.61. The first kappa shape index (κ1) is 15.4. The standard InChI is InChI=1S/C18H27NO4/c20-16(19-1-2-23-11-15(19)6-17(21)22)10-18-7-12-3-13(8-18)5-14(4-12)9-18/h12-15H,1-11H2,(H,21,22). The van der Waals surface area contributed by atoms with E-state index < -0.39 is 5.97 Å². The van der Waals surface area contributed by atoms with Crippen LogP contribution in [0.25, 0.3) is 0 Å². The van der Waals surface area contributed by atoms with Gasteiger partial charge in [0, 0.05) is 13.0 Å². The van der Waals surface area contributed by atoms with Gasteiger partial charge in [-0.3, -0.25) is 9.59 Å². The van der Waals surface area contributed by atoms with Crippen LogP contribution in [-0.4, -0.2) is 47.7 Å². The quantitative estimate of drug-likeness (QED) is 0.863. The lowest BCUT2D eigenvalue weighted by Crippen LogP contribution is -2.53. The molecule has 128 valence electrons. The van der Waals surface area contributed by atoms with Gasteiger partial charge in [0.15, 0.2) is 0 Å². The van der Waals surface area contributed by atoms with Crippen molar-refractivity contribution in [1.29, 1.82) is 0 Å². The van der Waals surface area contributed by atoms with Crippen molar-refractivity contribution >= 4 is 11.9 Å². The highest BCUT2D eigenvalue weighted by atomic mass is 16.5. The molecule has 4 aliphatic carbocycles. The summed E-state index contributed by atoms with van der Waals surface area (Å²) in [4.78, 5) is 25.8. The number of ether oxygens (including phenoxy) is 1. The molecule has 4 bridgehead atoms. The average molecular weight is 321 g/mol. The van der Waals surface area contributed by atoms with Crippen molar-refractivity contribution in [3.63, 3.8) is 0 Å². The molecule has 1 saturated heterocycles. The van der Waals surface area contributed by atoms with Crippen LogP contribution in [0.1, 0.15) is 51.4 Å². The van der Waals surface area contributed by atoms with Gasteiger partial charge in [-0.05, 0) is 61.7 Å². The van der Waals surface area contributed by atoms with E-state index >= 15 is 0 Å². The Bertz CT molecular complexity index is 468. The van der Waals surface area contributed by atoms with Gasteiger partial charge in [-0.25, -0.2) is 0 Å². The molecule has 0 radical (unpaired) electrons. The molecule has 0 spiro atoms. The summed E-state index contributed by atoms with van der Waals surface area (Å²) in [7, 11) is 0. The summed E-state index contributed by atoms with van der Waals surface area (Å²) in [5, 5.41) is 9.07. The topological polar surface area (TPSA) is 66.8 Å². The molecule has 5 heteroatoms. The van der Waals surface area contributed by atoms with Crippen LogP contribution in [0.3, 0.4) is 0 Å². The Labute approximate surface area is 137 Å². The zero-order valence-electron chi connectivity index (χ0n) is 13.7. The fraction of sp³-hybridized carbons (Fsp3) is 0.889. The van der Waals surface area contributed by atoms with Gasteiger partial charge in [-0.15, -0.1) is 0 Å². The highest BCUT2D eigenvalue weighted by Gasteiger charge is 2.52. The SMILES string of the molecule is O=C(O)CC1COCCN1C(=O)CC12CC3CC(CC(C3)C1)C2. The van der Waals surface area contributed by atoms with E-state index in [1.54, 1.807) is 4.90 Å². The third-order valence-electron chi connectivity index (χ3n) is 6.65. The lowest BCUT2D eigenvalue weighted by molar-refractivity contribution is -0.151. The third kappa shape index (κ3) is 3.00. The Morgan fingerprint density at radius 3 is 2.26 bits per heavy atom. The van der Waals surface area contributed by atoms with Crippen molar-refractivity contribution in [2.45, 2.75) is 57.4 Å². The molecule has 5 nitrogen and oxygen atoms in total. The second-order valence-electron chi connectivity index (χ2n) is 8.51. The largest absolute Gasteiger partial charge is 0.481 e. The Hall–Kier alpha value is -1.10. The monoisotopic (exact) mass is 321 g/mol. The van der Waals surface area contributed by atoms with Crippen molar-refractivity contribution in [2.24, 2.45) is 23.2 Å². The van der Waals surface area contributed by atoms with E-state index in [4.69, 9.17) is 9.84 Å². The highest BCUT2D eigenvalue weighted by molar-refractivity contribution is 5.78. The fourth-order valence-corrected chi connectivity index (χ4v) is 6.28. The molecule has 5 rings (SSSR count). The van der Waals surface area contributed by atoms with Crippen LogP contribution in [0.2, 0.25) is 0 Å². The Kier molecular flexibility index (Phi) is 3.87. The molecular weight excluding hydrogens is 294 g/mol. The van der Waals surface area contributed by atoms with Gasteiger partial charge in [-0.1, -0.05) is 0 Å². The lowest BCUT2D eigenvalue weighted by Gasteiger charge is -2.57. The zero-order valence-corrected chi connectivity index (χ0v) is 13.7. The Morgan fingerprint density at radius 2 is 1.70 bits per heavy atom. The molecule has 4 saturated carbocycles. The summed E-state index contributed by atoms with van der Waals surface area (Å²) < 4.78 is 5.40. The Morgan fingerprint density at radius 1 is 1.09 bits per heavy atom. The van der Waals surface area contributed by atoms with Crippen molar-refractivity contribution < 1.29 is 19.4 Å². The first-order valence-corrected chi connectivity index (χ1v) is 9.12. The summed E-state index contributed by atoms with van der Waals surface area (Å²) in [5.41, 5.74) is 0.220. The van der Waals surface area contributed by atoms with Gasteiger partial charge in [0.1, 0.15) is 0 Å². The molecule has 5 aliphatic rings. The predicted octanol–water partition coefficient (Wildman–Crippen LogP) is 2.29. The van der Waals surface area contributed by atoms with Gasteiger partial charge >= 0.3 is 5.97 Å². The molecule has 1 heterocycles. The minimum atomic E-state index is -0.854. The lowest BCUT2D eigenvalue weighted by atomic mass is 9.49. The summed E-state index contributed by atoms with van der Waals surface area (Å²) in [5.74, 6) is 1.84. The number of amides is 1. The van der Waals surface area contributed by atoms with E-state index in [2.05, 4.69) is 0 Å². The summed E-state index contributed by atoms with van der Waals surface area (Å²) >= 11 is 0. The minimum Gasteiger partial charge on any atom is -0.481 e. The number of aliphatic carboxylic acids is 1. The smallest absolute Gasteiger partial charge is 0.305 e. The second-order valence-corrected chi connectivity index (χ2v) is 8.51. The van der Waals surface area contributed by atoms with Gasteiger partial charge < -0.3 is 14.7 Å². The van der Waals surface area contributed by atoms with E-state index in [1.165, 1.54) is 38.5 Å².